The second kappa shape index (κ2) is 6.00. The predicted molar refractivity (Wildman–Crippen MR) is 76.2 cm³/mol. The van der Waals surface area contributed by atoms with Gasteiger partial charge >= 0.3 is 0 Å². The van der Waals surface area contributed by atoms with E-state index < -0.39 is 11.4 Å². The van der Waals surface area contributed by atoms with Gasteiger partial charge in [0.15, 0.2) is 0 Å². The zero-order valence-corrected chi connectivity index (χ0v) is 12.6. The van der Waals surface area contributed by atoms with E-state index in [0.717, 1.165) is 5.56 Å². The van der Waals surface area contributed by atoms with Crippen LogP contribution in [0.3, 0.4) is 0 Å². The Morgan fingerprint density at radius 1 is 1.53 bits per heavy atom. The number of rotatable bonds is 4. The second-order valence-corrected chi connectivity index (χ2v) is 5.66. The maximum atomic E-state index is 13.3. The molecule has 1 N–H and O–H groups in total. The molecule has 0 atom stereocenters. The Morgan fingerprint density at radius 3 is 2.71 bits per heavy atom. The van der Waals surface area contributed by atoms with Crippen LogP contribution in [-0.4, -0.2) is 15.9 Å². The Bertz CT molecular complexity index is 423. The Labute approximate surface area is 119 Å². The lowest BCUT2D eigenvalue weighted by Crippen LogP contribution is -2.45. The van der Waals surface area contributed by atoms with Crippen LogP contribution < -0.4 is 5.32 Å². The van der Waals surface area contributed by atoms with E-state index in [-0.39, 0.29) is 10.9 Å². The van der Waals surface area contributed by atoms with Crippen molar-refractivity contribution in [2.75, 3.05) is 4.43 Å². The fourth-order valence-corrected chi connectivity index (χ4v) is 1.92. The van der Waals surface area contributed by atoms with Crippen molar-refractivity contribution < 1.29 is 9.18 Å². The molecular weight excluding hydrogens is 355 g/mol. The lowest BCUT2D eigenvalue weighted by molar-refractivity contribution is -0.119. The number of hydrogen-bond donors (Lipinski definition) is 1. The van der Waals surface area contributed by atoms with Crippen LogP contribution in [0.5, 0.6) is 0 Å². The van der Waals surface area contributed by atoms with E-state index in [9.17, 15) is 9.18 Å². The molecule has 0 aliphatic carbocycles. The fraction of sp³-hybridized carbons (Fsp3) is 0.417. The number of benzene rings is 1. The standard InChI is InChI=1S/C12H14ClFINO/c1-12(2,16-11(17)7-15)6-8-3-4-9(13)10(14)5-8/h3-5H,6-7H2,1-2H3,(H,16,17). The summed E-state index contributed by atoms with van der Waals surface area (Å²) in [6, 6.07) is 4.70. The van der Waals surface area contributed by atoms with Gasteiger partial charge in [-0.15, -0.1) is 0 Å². The summed E-state index contributed by atoms with van der Waals surface area (Å²) >= 11 is 7.62. The van der Waals surface area contributed by atoms with E-state index in [0.29, 0.717) is 10.8 Å². The van der Waals surface area contributed by atoms with Crippen LogP contribution in [-0.2, 0) is 11.2 Å². The van der Waals surface area contributed by atoms with Gasteiger partial charge in [-0.2, -0.15) is 0 Å². The monoisotopic (exact) mass is 369 g/mol. The quantitative estimate of drug-likeness (QED) is 0.640. The van der Waals surface area contributed by atoms with Gasteiger partial charge in [-0.3, -0.25) is 4.79 Å². The normalized spacial score (nSPS) is 11.4. The van der Waals surface area contributed by atoms with E-state index in [1.807, 2.05) is 36.4 Å². The van der Waals surface area contributed by atoms with Gasteiger partial charge in [-0.05, 0) is 38.0 Å². The SMILES string of the molecule is CC(C)(Cc1ccc(Cl)c(F)c1)NC(=O)CI. The number of nitrogens with one attached hydrogen (secondary N) is 1. The summed E-state index contributed by atoms with van der Waals surface area (Å²) in [6.07, 6.45) is 0.559. The van der Waals surface area contributed by atoms with Crippen molar-refractivity contribution in [3.05, 3.63) is 34.6 Å². The molecule has 0 unspecified atom stereocenters. The highest BCUT2D eigenvalue weighted by Crippen LogP contribution is 2.19. The van der Waals surface area contributed by atoms with Gasteiger partial charge < -0.3 is 5.32 Å². The maximum absolute atomic E-state index is 13.3. The summed E-state index contributed by atoms with van der Waals surface area (Å²) in [7, 11) is 0. The summed E-state index contributed by atoms with van der Waals surface area (Å²) in [6.45, 7) is 3.81. The molecule has 17 heavy (non-hydrogen) atoms. The van der Waals surface area contributed by atoms with E-state index in [2.05, 4.69) is 5.32 Å². The van der Waals surface area contributed by atoms with Crippen molar-refractivity contribution >= 4 is 40.1 Å². The van der Waals surface area contributed by atoms with Gasteiger partial charge in [0.1, 0.15) is 5.82 Å². The van der Waals surface area contributed by atoms with E-state index in [4.69, 9.17) is 11.6 Å². The molecule has 1 aromatic carbocycles. The second-order valence-electron chi connectivity index (χ2n) is 4.49. The highest BCUT2D eigenvalue weighted by molar-refractivity contribution is 14.1. The molecule has 0 aromatic heterocycles. The van der Waals surface area contributed by atoms with Gasteiger partial charge in [0, 0.05) is 5.54 Å². The first-order valence-electron chi connectivity index (χ1n) is 5.15. The lowest BCUT2D eigenvalue weighted by atomic mass is 9.95. The molecule has 0 aliphatic rings. The molecule has 0 spiro atoms. The molecule has 1 amide bonds. The molecule has 94 valence electrons. The van der Waals surface area contributed by atoms with Gasteiger partial charge in [0.25, 0.3) is 0 Å². The van der Waals surface area contributed by atoms with Crippen LogP contribution in [0.15, 0.2) is 18.2 Å². The third kappa shape index (κ3) is 4.79. The van der Waals surface area contributed by atoms with Crippen molar-refractivity contribution in [3.8, 4) is 0 Å². The van der Waals surface area contributed by atoms with Crippen LogP contribution in [0, 0.1) is 5.82 Å². The Hall–Kier alpha value is -0.360. The average molecular weight is 370 g/mol. The smallest absolute Gasteiger partial charge is 0.230 e. The summed E-state index contributed by atoms with van der Waals surface area (Å²) in [5, 5.41) is 3.00. The third-order valence-electron chi connectivity index (χ3n) is 2.23. The number of alkyl halides is 1. The molecule has 0 fully saturated rings. The molecule has 0 saturated carbocycles. The molecule has 0 heterocycles. The summed E-state index contributed by atoms with van der Waals surface area (Å²) in [4.78, 5) is 11.3. The minimum absolute atomic E-state index is 0.0231. The van der Waals surface area contributed by atoms with Crippen LogP contribution in [0.25, 0.3) is 0 Å². The van der Waals surface area contributed by atoms with Gasteiger partial charge in [0.2, 0.25) is 5.91 Å². The lowest BCUT2D eigenvalue weighted by Gasteiger charge is -2.26. The third-order valence-corrected chi connectivity index (χ3v) is 3.23. The molecule has 0 saturated heterocycles. The van der Waals surface area contributed by atoms with Crippen molar-refractivity contribution in [1.82, 2.24) is 5.32 Å². The Morgan fingerprint density at radius 2 is 2.18 bits per heavy atom. The number of hydrogen-bond acceptors (Lipinski definition) is 1. The number of carbonyl (C=O) groups excluding carboxylic acids is 1. The molecular formula is C12H14ClFINO. The molecule has 0 bridgehead atoms. The van der Waals surface area contributed by atoms with Crippen molar-refractivity contribution in [3.63, 3.8) is 0 Å². The predicted octanol–water partition coefficient (Wildman–Crippen LogP) is 3.35. The highest BCUT2D eigenvalue weighted by atomic mass is 127. The Balaban J connectivity index is 2.75. The minimum Gasteiger partial charge on any atom is -0.350 e. The molecule has 1 aromatic rings. The molecule has 5 heteroatoms. The number of amides is 1. The van der Waals surface area contributed by atoms with E-state index >= 15 is 0 Å². The highest BCUT2D eigenvalue weighted by Gasteiger charge is 2.20. The summed E-state index contributed by atoms with van der Waals surface area (Å²) in [5.74, 6) is -0.453. The van der Waals surface area contributed by atoms with Gasteiger partial charge in [-0.1, -0.05) is 40.3 Å². The van der Waals surface area contributed by atoms with Gasteiger partial charge in [0.05, 0.1) is 9.45 Å². The topological polar surface area (TPSA) is 29.1 Å². The van der Waals surface area contributed by atoms with Crippen molar-refractivity contribution in [1.29, 1.82) is 0 Å². The number of halogens is 3. The first-order chi connectivity index (χ1) is 7.84. The first kappa shape index (κ1) is 14.7. The average Bonchev–Trinajstić information content (AvgIpc) is 2.22. The van der Waals surface area contributed by atoms with E-state index in [1.54, 1.807) is 6.07 Å². The van der Waals surface area contributed by atoms with Crippen molar-refractivity contribution in [2.45, 2.75) is 25.8 Å². The zero-order valence-electron chi connectivity index (χ0n) is 9.69. The summed E-state index contributed by atoms with van der Waals surface area (Å²) < 4.78 is 13.7. The van der Waals surface area contributed by atoms with Crippen LogP contribution in [0.2, 0.25) is 5.02 Å². The minimum atomic E-state index is -0.430. The van der Waals surface area contributed by atoms with Crippen LogP contribution in [0.1, 0.15) is 19.4 Å². The largest absolute Gasteiger partial charge is 0.350 e. The van der Waals surface area contributed by atoms with Crippen LogP contribution >= 0.6 is 34.2 Å². The summed E-state index contributed by atoms with van der Waals surface area (Å²) in [5.41, 5.74) is 0.411. The van der Waals surface area contributed by atoms with Crippen molar-refractivity contribution in [2.24, 2.45) is 0 Å². The van der Waals surface area contributed by atoms with Gasteiger partial charge in [-0.25, -0.2) is 4.39 Å². The number of carbonyl (C=O) groups is 1. The molecule has 0 radical (unpaired) electrons. The molecule has 2 nitrogen and oxygen atoms in total. The zero-order chi connectivity index (χ0) is 13.1. The first-order valence-corrected chi connectivity index (χ1v) is 7.05. The van der Waals surface area contributed by atoms with Crippen LogP contribution in [0.4, 0.5) is 4.39 Å². The molecule has 1 rings (SSSR count). The Kier molecular flexibility index (Phi) is 5.19. The molecule has 0 aliphatic heterocycles. The fourth-order valence-electron chi connectivity index (χ4n) is 1.61. The maximum Gasteiger partial charge on any atom is 0.230 e. The van der Waals surface area contributed by atoms with E-state index in [1.165, 1.54) is 12.1 Å².